The molecule has 2 aliphatic heterocycles. The summed E-state index contributed by atoms with van der Waals surface area (Å²) < 4.78 is 47.4. The van der Waals surface area contributed by atoms with Gasteiger partial charge in [-0.05, 0) is 6.92 Å². The summed E-state index contributed by atoms with van der Waals surface area (Å²) in [7, 11) is -4.99. The van der Waals surface area contributed by atoms with Gasteiger partial charge in [0.05, 0.1) is 0 Å². The number of carbonyl (C=O) groups is 1. The lowest BCUT2D eigenvalue weighted by Gasteiger charge is -2.35. The number of phosphoric ester groups is 1. The monoisotopic (exact) mass is 344 g/mol. The maximum Gasteiger partial charge on any atom is 0.469 e. The molecule has 0 aromatic rings. The van der Waals surface area contributed by atoms with Gasteiger partial charge in [-0.3, -0.25) is 9.32 Å². The predicted molar refractivity (Wildman–Crippen MR) is 66.0 cm³/mol. The van der Waals surface area contributed by atoms with Crippen LogP contribution in [0.25, 0.3) is 0 Å². The Morgan fingerprint density at radius 2 is 2.27 bits per heavy atom. The average molecular weight is 344 g/mol. The first-order chi connectivity index (χ1) is 10.0. The Hall–Kier alpha value is -1.10. The van der Waals surface area contributed by atoms with Crippen molar-refractivity contribution in [1.29, 1.82) is 0 Å². The molecule has 0 spiro atoms. The average Bonchev–Trinajstić information content (AvgIpc) is 2.68. The van der Waals surface area contributed by atoms with Crippen LogP contribution in [0.3, 0.4) is 0 Å². The molecule has 0 bridgehead atoms. The number of nitrogens with one attached hydrogen (secondary N) is 1. The number of carbonyl (C=O) groups excluding carboxylic acids is 1. The van der Waals surface area contributed by atoms with E-state index in [-0.39, 0.29) is 5.57 Å². The Kier molecular flexibility index (Phi) is 4.58. The first-order valence-electron chi connectivity index (χ1n) is 6.17. The van der Waals surface area contributed by atoms with E-state index in [1.54, 1.807) is 0 Å². The van der Waals surface area contributed by atoms with Gasteiger partial charge in [0.1, 0.15) is 12.8 Å². The number of hydrogen-bond acceptors (Lipinski definition) is 6. The minimum Gasteiger partial charge on any atom is -0.356 e. The summed E-state index contributed by atoms with van der Waals surface area (Å²) in [4.78, 5) is 29.4. The fourth-order valence-electron chi connectivity index (χ4n) is 2.08. The molecule has 126 valence electrons. The van der Waals surface area contributed by atoms with Gasteiger partial charge in [-0.25, -0.2) is 13.3 Å². The summed E-state index contributed by atoms with van der Waals surface area (Å²) in [5, 5.41) is 11.8. The van der Waals surface area contributed by atoms with Gasteiger partial charge in [0.2, 0.25) is 6.35 Å². The number of halogens is 2. The molecule has 2 rings (SSSR count). The molecule has 0 saturated carbocycles. The Bertz CT molecular complexity index is 541. The minimum atomic E-state index is -4.99. The van der Waals surface area contributed by atoms with Crippen LogP contribution in [0.4, 0.5) is 8.78 Å². The molecule has 0 aromatic carbocycles. The molecule has 1 fully saturated rings. The van der Waals surface area contributed by atoms with E-state index in [1.165, 1.54) is 13.1 Å². The van der Waals surface area contributed by atoms with E-state index in [9.17, 15) is 23.2 Å². The van der Waals surface area contributed by atoms with Crippen LogP contribution in [0.1, 0.15) is 13.3 Å². The zero-order valence-electron chi connectivity index (χ0n) is 11.3. The van der Waals surface area contributed by atoms with Gasteiger partial charge in [0.15, 0.2) is 6.17 Å². The molecule has 2 heterocycles. The lowest BCUT2D eigenvalue weighted by Crippen LogP contribution is -2.54. The highest BCUT2D eigenvalue weighted by atomic mass is 31.2. The third kappa shape index (κ3) is 3.62. The van der Waals surface area contributed by atoms with Crippen molar-refractivity contribution in [3.8, 4) is 0 Å². The number of alkyl halides is 2. The SMILES string of the molecule is CC1=CN([C@H]2C[C@H](F)[C@@](F)(COP(=O)(O)O)O2)C(O)NC1=O. The van der Waals surface area contributed by atoms with Gasteiger partial charge in [-0.2, -0.15) is 0 Å². The van der Waals surface area contributed by atoms with E-state index >= 15 is 0 Å². The van der Waals surface area contributed by atoms with E-state index in [1.807, 2.05) is 0 Å². The van der Waals surface area contributed by atoms with E-state index in [0.29, 0.717) is 0 Å². The molecule has 9 nitrogen and oxygen atoms in total. The number of ether oxygens (including phenoxy) is 1. The number of aliphatic hydroxyl groups excluding tert-OH is 1. The second-order valence-corrected chi connectivity index (χ2v) is 6.17. The Morgan fingerprint density at radius 1 is 1.64 bits per heavy atom. The summed E-state index contributed by atoms with van der Waals surface area (Å²) in [5.41, 5.74) is 0.187. The molecule has 1 saturated heterocycles. The highest BCUT2D eigenvalue weighted by molar-refractivity contribution is 7.46. The van der Waals surface area contributed by atoms with Crippen molar-refractivity contribution < 1.29 is 42.3 Å². The topological polar surface area (TPSA) is 129 Å². The molecule has 0 aromatic heterocycles. The molecule has 1 amide bonds. The van der Waals surface area contributed by atoms with Crippen molar-refractivity contribution in [2.24, 2.45) is 0 Å². The summed E-state index contributed by atoms with van der Waals surface area (Å²) in [6.07, 6.45) is -4.42. The largest absolute Gasteiger partial charge is 0.469 e. The number of amides is 1. The number of hydrogen-bond donors (Lipinski definition) is 4. The number of nitrogens with zero attached hydrogens (tertiary/aromatic N) is 1. The van der Waals surface area contributed by atoms with E-state index in [2.05, 4.69) is 9.84 Å². The zero-order valence-corrected chi connectivity index (χ0v) is 12.2. The number of phosphoric acid groups is 1. The van der Waals surface area contributed by atoms with Gasteiger partial charge >= 0.3 is 7.82 Å². The first kappa shape index (κ1) is 17.3. The lowest BCUT2D eigenvalue weighted by atomic mass is 10.1. The smallest absolute Gasteiger partial charge is 0.356 e. The van der Waals surface area contributed by atoms with Crippen LogP contribution in [0.15, 0.2) is 11.8 Å². The summed E-state index contributed by atoms with van der Waals surface area (Å²) in [5.74, 6) is -3.62. The minimum absolute atomic E-state index is 0.187. The molecule has 0 aliphatic carbocycles. The van der Waals surface area contributed by atoms with E-state index in [0.717, 1.165) is 4.90 Å². The first-order valence-corrected chi connectivity index (χ1v) is 7.70. The molecular formula is C10H15F2N2O7P. The van der Waals surface area contributed by atoms with E-state index < -0.39 is 51.4 Å². The van der Waals surface area contributed by atoms with Crippen LogP contribution in [-0.2, 0) is 18.6 Å². The van der Waals surface area contributed by atoms with Crippen molar-refractivity contribution in [2.75, 3.05) is 6.61 Å². The van der Waals surface area contributed by atoms with Crippen molar-refractivity contribution in [2.45, 2.75) is 38.0 Å². The Balaban J connectivity index is 2.10. The molecule has 2 aliphatic rings. The van der Waals surface area contributed by atoms with Gasteiger partial charge in [-0.15, -0.1) is 0 Å². The Morgan fingerprint density at radius 3 is 2.86 bits per heavy atom. The molecule has 12 heteroatoms. The zero-order chi connectivity index (χ0) is 16.7. The van der Waals surface area contributed by atoms with E-state index in [4.69, 9.17) is 14.5 Å². The third-order valence-electron chi connectivity index (χ3n) is 3.21. The fraction of sp³-hybridized carbons (Fsp3) is 0.700. The highest BCUT2D eigenvalue weighted by Gasteiger charge is 2.54. The summed E-state index contributed by atoms with van der Waals surface area (Å²) in [6, 6.07) is 0. The van der Waals surface area contributed by atoms with Crippen LogP contribution in [0.2, 0.25) is 0 Å². The molecular weight excluding hydrogens is 329 g/mol. The molecule has 0 radical (unpaired) electrons. The number of aliphatic hydroxyl groups is 1. The quantitative estimate of drug-likeness (QED) is 0.501. The van der Waals surface area contributed by atoms with Crippen LogP contribution < -0.4 is 5.32 Å². The van der Waals surface area contributed by atoms with Crippen LogP contribution in [0, 0.1) is 0 Å². The maximum atomic E-state index is 14.3. The summed E-state index contributed by atoms with van der Waals surface area (Å²) in [6.45, 7) is 0.115. The van der Waals surface area contributed by atoms with Crippen LogP contribution in [0.5, 0.6) is 0 Å². The number of rotatable bonds is 4. The maximum absolute atomic E-state index is 14.3. The van der Waals surface area contributed by atoms with Gasteiger partial charge in [0, 0.05) is 18.2 Å². The van der Waals surface area contributed by atoms with Crippen molar-refractivity contribution in [3.63, 3.8) is 0 Å². The normalized spacial score (nSPS) is 36.3. The molecule has 4 atom stereocenters. The van der Waals surface area contributed by atoms with Crippen molar-refractivity contribution in [1.82, 2.24) is 10.2 Å². The summed E-state index contributed by atoms with van der Waals surface area (Å²) >= 11 is 0. The molecule has 22 heavy (non-hydrogen) atoms. The second-order valence-electron chi connectivity index (χ2n) is 4.93. The molecule has 1 unspecified atom stereocenters. The van der Waals surface area contributed by atoms with Gasteiger partial charge in [0.25, 0.3) is 11.8 Å². The van der Waals surface area contributed by atoms with Crippen molar-refractivity contribution >= 4 is 13.7 Å². The standard InChI is InChI=1S/C10H15F2N2O7P/c1-5-3-14(9(16)13-8(5)15)7-2-6(11)10(12,21-7)4-20-22(17,18)19/h3,6-7,9,16H,2,4H2,1H3,(H,13,15)(H2,17,18,19)/t6-,7+,9?,10+/m0/s1. The fourth-order valence-corrected chi connectivity index (χ4v) is 2.42. The van der Waals surface area contributed by atoms with Gasteiger partial charge in [-0.1, -0.05) is 0 Å². The molecule has 4 N–H and O–H groups in total. The highest BCUT2D eigenvalue weighted by Crippen LogP contribution is 2.42. The van der Waals surface area contributed by atoms with Gasteiger partial charge < -0.3 is 29.8 Å². The Labute approximate surface area is 123 Å². The lowest BCUT2D eigenvalue weighted by molar-refractivity contribution is -0.216. The van der Waals surface area contributed by atoms with Crippen molar-refractivity contribution in [3.05, 3.63) is 11.8 Å². The predicted octanol–water partition coefficient (Wildman–Crippen LogP) is -0.542. The van der Waals surface area contributed by atoms with Crippen LogP contribution in [-0.4, -0.2) is 56.9 Å². The third-order valence-corrected chi connectivity index (χ3v) is 3.68. The van der Waals surface area contributed by atoms with Crippen LogP contribution >= 0.6 is 7.82 Å². The second kappa shape index (κ2) is 5.84.